The summed E-state index contributed by atoms with van der Waals surface area (Å²) in [6.07, 6.45) is 6.38. The molecule has 114 valence electrons. The lowest BCUT2D eigenvalue weighted by Crippen LogP contribution is -2.33. The Bertz CT molecular complexity index is 524. The number of aromatic nitrogens is 1. The van der Waals surface area contributed by atoms with Crippen LogP contribution < -0.4 is 10.0 Å². The number of sulfonamides is 1. The fourth-order valence-electron chi connectivity index (χ4n) is 2.86. The van der Waals surface area contributed by atoms with E-state index in [1.54, 1.807) is 12.3 Å². The molecule has 20 heavy (non-hydrogen) atoms. The van der Waals surface area contributed by atoms with E-state index in [1.165, 1.54) is 19.3 Å². The van der Waals surface area contributed by atoms with Crippen molar-refractivity contribution < 1.29 is 8.42 Å². The minimum atomic E-state index is -3.39. The first-order valence-electron chi connectivity index (χ1n) is 7.34. The Morgan fingerprint density at radius 1 is 1.35 bits per heavy atom. The van der Waals surface area contributed by atoms with E-state index in [-0.39, 0.29) is 0 Å². The molecule has 0 saturated heterocycles. The number of hydrogen-bond donors (Lipinski definition) is 3. The molecule has 1 aliphatic carbocycles. The van der Waals surface area contributed by atoms with Crippen LogP contribution in [0.15, 0.2) is 17.2 Å². The van der Waals surface area contributed by atoms with Crippen molar-refractivity contribution >= 4 is 10.0 Å². The molecule has 2 unspecified atom stereocenters. The molecular formula is C14H25N3O2S. The fraction of sp³-hybridized carbons (Fsp3) is 0.714. The summed E-state index contributed by atoms with van der Waals surface area (Å²) in [6, 6.07) is 1.68. The highest BCUT2D eigenvalue weighted by atomic mass is 32.2. The molecule has 0 spiro atoms. The molecule has 1 fully saturated rings. The third kappa shape index (κ3) is 3.84. The van der Waals surface area contributed by atoms with Crippen LogP contribution in [0, 0.1) is 11.8 Å². The van der Waals surface area contributed by atoms with E-state index < -0.39 is 10.0 Å². The van der Waals surface area contributed by atoms with Gasteiger partial charge in [0.1, 0.15) is 0 Å². The van der Waals surface area contributed by atoms with Gasteiger partial charge in [0, 0.05) is 25.0 Å². The molecule has 1 heterocycles. The molecule has 2 rings (SSSR count). The highest BCUT2D eigenvalue weighted by molar-refractivity contribution is 7.89. The highest BCUT2D eigenvalue weighted by Crippen LogP contribution is 2.29. The minimum absolute atomic E-state index is 0.325. The number of hydrogen-bond acceptors (Lipinski definition) is 3. The van der Waals surface area contributed by atoms with Gasteiger partial charge >= 0.3 is 0 Å². The van der Waals surface area contributed by atoms with Crippen LogP contribution in [0.4, 0.5) is 0 Å². The van der Waals surface area contributed by atoms with Crippen LogP contribution in [-0.2, 0) is 16.6 Å². The summed E-state index contributed by atoms with van der Waals surface area (Å²) in [6.45, 7) is 3.41. The topological polar surface area (TPSA) is 74.0 Å². The Labute approximate surface area is 121 Å². The molecule has 6 heteroatoms. The first-order valence-corrected chi connectivity index (χ1v) is 8.83. The smallest absolute Gasteiger partial charge is 0.242 e. The van der Waals surface area contributed by atoms with Gasteiger partial charge in [-0.1, -0.05) is 26.2 Å². The van der Waals surface area contributed by atoms with Crippen molar-refractivity contribution in [1.82, 2.24) is 15.0 Å². The molecule has 1 aliphatic rings. The largest absolute Gasteiger partial charge is 0.363 e. The number of H-pyrrole nitrogens is 1. The zero-order valence-electron chi connectivity index (χ0n) is 12.3. The molecule has 0 aromatic carbocycles. The Hall–Kier alpha value is -0.850. The van der Waals surface area contributed by atoms with E-state index in [2.05, 4.69) is 21.9 Å². The normalized spacial score (nSPS) is 23.9. The maximum absolute atomic E-state index is 12.2. The molecule has 1 aromatic rings. The van der Waals surface area contributed by atoms with Crippen molar-refractivity contribution in [2.24, 2.45) is 11.8 Å². The van der Waals surface area contributed by atoms with Gasteiger partial charge < -0.3 is 10.3 Å². The Morgan fingerprint density at radius 3 is 2.80 bits per heavy atom. The minimum Gasteiger partial charge on any atom is -0.363 e. The first kappa shape index (κ1) is 15.5. The lowest BCUT2D eigenvalue weighted by molar-refractivity contribution is 0.257. The van der Waals surface area contributed by atoms with Crippen LogP contribution in [0.1, 0.15) is 38.3 Å². The average molecular weight is 299 g/mol. The molecule has 1 aromatic heterocycles. The van der Waals surface area contributed by atoms with Gasteiger partial charge in [-0.15, -0.1) is 0 Å². The van der Waals surface area contributed by atoms with E-state index in [9.17, 15) is 8.42 Å². The summed E-state index contributed by atoms with van der Waals surface area (Å²) in [5.74, 6) is 1.08. The summed E-state index contributed by atoms with van der Waals surface area (Å²) in [5, 5.41) is 2.99. The second-order valence-corrected chi connectivity index (χ2v) is 7.53. The third-order valence-corrected chi connectivity index (χ3v) is 5.62. The van der Waals surface area contributed by atoms with Crippen LogP contribution in [-0.4, -0.2) is 27.0 Å². The van der Waals surface area contributed by atoms with Crippen molar-refractivity contribution in [3.05, 3.63) is 18.0 Å². The van der Waals surface area contributed by atoms with E-state index in [0.29, 0.717) is 29.8 Å². The number of aromatic amines is 1. The van der Waals surface area contributed by atoms with Crippen LogP contribution in [0.25, 0.3) is 0 Å². The third-order valence-electron chi connectivity index (χ3n) is 4.22. The van der Waals surface area contributed by atoms with Crippen molar-refractivity contribution in [2.75, 3.05) is 13.6 Å². The maximum atomic E-state index is 12.2. The lowest BCUT2D eigenvalue weighted by Gasteiger charge is -2.28. The number of nitrogens with one attached hydrogen (secondary N) is 3. The van der Waals surface area contributed by atoms with Gasteiger partial charge in [0.15, 0.2) is 0 Å². The SMILES string of the molecule is CNCc1cc(S(=O)(=O)NCC2CCCCC2C)c[nH]1. The monoisotopic (exact) mass is 299 g/mol. The van der Waals surface area contributed by atoms with Crippen LogP contribution in [0.2, 0.25) is 0 Å². The summed E-state index contributed by atoms with van der Waals surface area (Å²) in [5.41, 5.74) is 0.874. The van der Waals surface area contributed by atoms with Gasteiger partial charge in [-0.3, -0.25) is 0 Å². The zero-order valence-corrected chi connectivity index (χ0v) is 13.1. The molecule has 2 atom stereocenters. The number of rotatable bonds is 6. The fourth-order valence-corrected chi connectivity index (χ4v) is 3.97. The predicted molar refractivity (Wildman–Crippen MR) is 79.9 cm³/mol. The van der Waals surface area contributed by atoms with Crippen molar-refractivity contribution in [3.8, 4) is 0 Å². The Balaban J connectivity index is 1.95. The van der Waals surface area contributed by atoms with Crippen molar-refractivity contribution in [3.63, 3.8) is 0 Å². The predicted octanol–water partition coefficient (Wildman–Crippen LogP) is 1.84. The van der Waals surface area contributed by atoms with Gasteiger partial charge in [0.25, 0.3) is 0 Å². The summed E-state index contributed by atoms with van der Waals surface area (Å²) in [4.78, 5) is 3.30. The van der Waals surface area contributed by atoms with Gasteiger partial charge in [-0.2, -0.15) is 0 Å². The van der Waals surface area contributed by atoms with Gasteiger partial charge in [0.05, 0.1) is 4.90 Å². The summed E-state index contributed by atoms with van der Waals surface area (Å²) >= 11 is 0. The zero-order chi connectivity index (χ0) is 14.6. The van der Waals surface area contributed by atoms with E-state index in [4.69, 9.17) is 0 Å². The lowest BCUT2D eigenvalue weighted by atomic mass is 9.81. The Kier molecular flexibility index (Phi) is 5.23. The van der Waals surface area contributed by atoms with Gasteiger partial charge in [-0.25, -0.2) is 13.1 Å². The van der Waals surface area contributed by atoms with Crippen LogP contribution in [0.3, 0.4) is 0 Å². The molecule has 0 amide bonds. The first-order chi connectivity index (χ1) is 9.53. The molecule has 3 N–H and O–H groups in total. The van der Waals surface area contributed by atoms with E-state index >= 15 is 0 Å². The second kappa shape index (κ2) is 6.74. The molecule has 0 bridgehead atoms. The Morgan fingerprint density at radius 2 is 2.10 bits per heavy atom. The molecule has 0 aliphatic heterocycles. The quantitative estimate of drug-likeness (QED) is 0.750. The molecule has 5 nitrogen and oxygen atoms in total. The average Bonchev–Trinajstić information content (AvgIpc) is 2.88. The maximum Gasteiger partial charge on any atom is 0.242 e. The van der Waals surface area contributed by atoms with Crippen molar-refractivity contribution in [1.29, 1.82) is 0 Å². The van der Waals surface area contributed by atoms with Crippen molar-refractivity contribution in [2.45, 2.75) is 44.0 Å². The van der Waals surface area contributed by atoms with Crippen LogP contribution in [0.5, 0.6) is 0 Å². The second-order valence-electron chi connectivity index (χ2n) is 5.76. The highest BCUT2D eigenvalue weighted by Gasteiger charge is 2.24. The summed E-state index contributed by atoms with van der Waals surface area (Å²) in [7, 11) is -1.56. The molecular weight excluding hydrogens is 274 g/mol. The van der Waals surface area contributed by atoms with E-state index in [1.807, 2.05) is 7.05 Å². The molecule has 1 saturated carbocycles. The van der Waals surface area contributed by atoms with Gasteiger partial charge in [-0.05, 0) is 31.4 Å². The van der Waals surface area contributed by atoms with E-state index in [0.717, 1.165) is 12.1 Å². The molecule has 0 radical (unpaired) electrons. The van der Waals surface area contributed by atoms with Gasteiger partial charge in [0.2, 0.25) is 10.0 Å². The standard InChI is InChI=1S/C14H25N3O2S/c1-11-5-3-4-6-12(11)8-17-20(18,19)14-7-13(9-15-2)16-10-14/h7,10-12,15-17H,3-6,8-9H2,1-2H3. The van der Waals surface area contributed by atoms with Crippen LogP contribution >= 0.6 is 0 Å². The summed E-state index contributed by atoms with van der Waals surface area (Å²) < 4.78 is 27.3.